The molecule has 3 heterocycles. The van der Waals surface area contributed by atoms with Crippen LogP contribution in [0.5, 0.6) is 5.75 Å². The normalized spacial score (nSPS) is 16.1. The van der Waals surface area contributed by atoms with Crippen molar-refractivity contribution in [3.05, 3.63) is 88.7 Å². The van der Waals surface area contributed by atoms with E-state index in [1.54, 1.807) is 37.8 Å². The molecule has 0 fully saturated rings. The van der Waals surface area contributed by atoms with Gasteiger partial charge in [-0.3, -0.25) is 9.59 Å². The molecule has 4 rings (SSSR count). The number of rotatable bonds is 5. The number of hydrazone groups is 1. The van der Waals surface area contributed by atoms with E-state index in [2.05, 4.69) is 5.10 Å². The van der Waals surface area contributed by atoms with Crippen LogP contribution in [-0.4, -0.2) is 28.3 Å². The highest BCUT2D eigenvalue weighted by atomic mass is 16.5. The molecule has 1 amide bonds. The quantitative estimate of drug-likeness (QED) is 0.685. The first-order chi connectivity index (χ1) is 13.7. The van der Waals surface area contributed by atoms with Crippen LogP contribution in [0.25, 0.3) is 0 Å². The standard InChI is InChI=1S/C21H19N3O4/c1-27-16-9-7-15(8-10-16)17-13-18(19-5-4-12-28-19)24(22-17)21(26)14-23-11-3-2-6-20(23)25/h2-12,18H,13-14H2,1H3/t18-/m0/s1. The van der Waals surface area contributed by atoms with Crippen molar-refractivity contribution in [3.8, 4) is 5.75 Å². The second-order valence-corrected chi connectivity index (χ2v) is 6.42. The van der Waals surface area contributed by atoms with Gasteiger partial charge < -0.3 is 13.7 Å². The number of benzene rings is 1. The Kier molecular flexibility index (Phi) is 4.80. The summed E-state index contributed by atoms with van der Waals surface area (Å²) in [7, 11) is 1.61. The predicted octanol–water partition coefficient (Wildman–Crippen LogP) is 2.83. The monoisotopic (exact) mass is 377 g/mol. The lowest BCUT2D eigenvalue weighted by atomic mass is 10.0. The van der Waals surface area contributed by atoms with E-state index in [1.807, 2.05) is 30.3 Å². The van der Waals surface area contributed by atoms with Gasteiger partial charge in [0.2, 0.25) is 0 Å². The zero-order valence-corrected chi connectivity index (χ0v) is 15.3. The number of amides is 1. The zero-order chi connectivity index (χ0) is 19.5. The number of hydrogen-bond donors (Lipinski definition) is 0. The average molecular weight is 377 g/mol. The molecule has 1 aliphatic heterocycles. The summed E-state index contributed by atoms with van der Waals surface area (Å²) in [5.41, 5.74) is 1.45. The van der Waals surface area contributed by atoms with E-state index in [0.717, 1.165) is 17.0 Å². The van der Waals surface area contributed by atoms with Crippen molar-refractivity contribution < 1.29 is 13.9 Å². The van der Waals surface area contributed by atoms with E-state index in [1.165, 1.54) is 15.6 Å². The number of aromatic nitrogens is 1. The van der Waals surface area contributed by atoms with Gasteiger partial charge in [0, 0.05) is 18.7 Å². The molecular weight excluding hydrogens is 358 g/mol. The lowest BCUT2D eigenvalue weighted by Gasteiger charge is -2.20. The van der Waals surface area contributed by atoms with Gasteiger partial charge in [-0.05, 0) is 48.0 Å². The summed E-state index contributed by atoms with van der Waals surface area (Å²) in [4.78, 5) is 24.9. The van der Waals surface area contributed by atoms with Crippen molar-refractivity contribution in [2.24, 2.45) is 5.10 Å². The number of pyridine rings is 1. The van der Waals surface area contributed by atoms with Crippen LogP contribution in [0.2, 0.25) is 0 Å². The summed E-state index contributed by atoms with van der Waals surface area (Å²) in [6.07, 6.45) is 3.69. The van der Waals surface area contributed by atoms with E-state index in [9.17, 15) is 9.59 Å². The SMILES string of the molecule is COc1ccc(C2=NN(C(=O)Cn3ccccc3=O)[C@H](c3ccco3)C2)cc1. The highest BCUT2D eigenvalue weighted by Crippen LogP contribution is 2.33. The highest BCUT2D eigenvalue weighted by molar-refractivity contribution is 6.03. The molecule has 1 aromatic carbocycles. The summed E-state index contributed by atoms with van der Waals surface area (Å²) >= 11 is 0. The minimum atomic E-state index is -0.348. The van der Waals surface area contributed by atoms with E-state index >= 15 is 0 Å². The summed E-state index contributed by atoms with van der Waals surface area (Å²) in [6, 6.07) is 15.6. The number of methoxy groups -OCH3 is 1. The van der Waals surface area contributed by atoms with Gasteiger partial charge in [0.25, 0.3) is 11.5 Å². The molecule has 1 atom stereocenters. The number of furan rings is 1. The van der Waals surface area contributed by atoms with Crippen molar-refractivity contribution in [1.82, 2.24) is 9.58 Å². The molecule has 0 spiro atoms. The number of ether oxygens (including phenoxy) is 1. The van der Waals surface area contributed by atoms with Crippen LogP contribution in [0.4, 0.5) is 0 Å². The molecule has 0 N–H and O–H groups in total. The second kappa shape index (κ2) is 7.56. The van der Waals surface area contributed by atoms with Crippen LogP contribution in [0.3, 0.4) is 0 Å². The Balaban J connectivity index is 1.64. The summed E-state index contributed by atoms with van der Waals surface area (Å²) in [5.74, 6) is 1.13. The fourth-order valence-corrected chi connectivity index (χ4v) is 3.21. The van der Waals surface area contributed by atoms with Gasteiger partial charge in [-0.2, -0.15) is 5.10 Å². The fourth-order valence-electron chi connectivity index (χ4n) is 3.21. The number of hydrogen-bond acceptors (Lipinski definition) is 5. The molecule has 0 radical (unpaired) electrons. The third kappa shape index (κ3) is 3.46. The topological polar surface area (TPSA) is 77.0 Å². The Morgan fingerprint density at radius 1 is 1.18 bits per heavy atom. The maximum atomic E-state index is 12.9. The average Bonchev–Trinajstić information content (AvgIpc) is 3.39. The van der Waals surface area contributed by atoms with Gasteiger partial charge in [0.05, 0.1) is 19.1 Å². The van der Waals surface area contributed by atoms with Gasteiger partial charge in [0.1, 0.15) is 24.1 Å². The first kappa shape index (κ1) is 17.8. The second-order valence-electron chi connectivity index (χ2n) is 6.42. The third-order valence-corrected chi connectivity index (χ3v) is 4.67. The van der Waals surface area contributed by atoms with Crippen molar-refractivity contribution >= 4 is 11.6 Å². The van der Waals surface area contributed by atoms with Gasteiger partial charge in [-0.1, -0.05) is 6.07 Å². The maximum absolute atomic E-state index is 12.9. The molecule has 0 unspecified atom stereocenters. The van der Waals surface area contributed by atoms with E-state index in [4.69, 9.17) is 9.15 Å². The summed E-state index contributed by atoms with van der Waals surface area (Å²) in [6.45, 7) is -0.0870. The Hall–Kier alpha value is -3.61. The minimum Gasteiger partial charge on any atom is -0.497 e. The smallest absolute Gasteiger partial charge is 0.263 e. The Morgan fingerprint density at radius 2 is 2.00 bits per heavy atom. The largest absolute Gasteiger partial charge is 0.497 e. The van der Waals surface area contributed by atoms with E-state index in [0.29, 0.717) is 12.2 Å². The van der Waals surface area contributed by atoms with Crippen LogP contribution in [0, 0.1) is 0 Å². The van der Waals surface area contributed by atoms with Gasteiger partial charge in [-0.25, -0.2) is 5.01 Å². The molecule has 3 aromatic rings. The van der Waals surface area contributed by atoms with E-state index < -0.39 is 0 Å². The Bertz CT molecular complexity index is 1050. The molecule has 7 heteroatoms. The molecule has 2 aromatic heterocycles. The van der Waals surface area contributed by atoms with Crippen LogP contribution < -0.4 is 10.3 Å². The molecule has 1 aliphatic rings. The van der Waals surface area contributed by atoms with Gasteiger partial charge in [-0.15, -0.1) is 0 Å². The predicted molar refractivity (Wildman–Crippen MR) is 103 cm³/mol. The minimum absolute atomic E-state index is 0.0870. The molecule has 0 aliphatic carbocycles. The molecule has 0 saturated heterocycles. The van der Waals surface area contributed by atoms with Gasteiger partial charge in [0.15, 0.2) is 0 Å². The highest BCUT2D eigenvalue weighted by Gasteiger charge is 2.34. The molecule has 0 bridgehead atoms. The fraction of sp³-hybridized carbons (Fsp3) is 0.190. The van der Waals surface area contributed by atoms with E-state index in [-0.39, 0.29) is 24.1 Å². The Morgan fingerprint density at radius 3 is 2.68 bits per heavy atom. The van der Waals surface area contributed by atoms with Crippen molar-refractivity contribution in [2.75, 3.05) is 7.11 Å². The Labute approximate surface area is 161 Å². The zero-order valence-electron chi connectivity index (χ0n) is 15.3. The number of carbonyl (C=O) groups excluding carboxylic acids is 1. The molecule has 28 heavy (non-hydrogen) atoms. The first-order valence-electron chi connectivity index (χ1n) is 8.88. The third-order valence-electron chi connectivity index (χ3n) is 4.67. The van der Waals surface area contributed by atoms with Crippen molar-refractivity contribution in [2.45, 2.75) is 19.0 Å². The van der Waals surface area contributed by atoms with Crippen molar-refractivity contribution in [1.29, 1.82) is 0 Å². The lowest BCUT2D eigenvalue weighted by Crippen LogP contribution is -2.33. The molecule has 142 valence electrons. The molecule has 7 nitrogen and oxygen atoms in total. The van der Waals surface area contributed by atoms with Crippen LogP contribution in [0.1, 0.15) is 23.8 Å². The summed E-state index contributed by atoms with van der Waals surface area (Å²) in [5, 5.41) is 5.98. The first-order valence-corrected chi connectivity index (χ1v) is 8.88. The molecule has 0 saturated carbocycles. The number of nitrogens with zero attached hydrogens (tertiary/aromatic N) is 3. The van der Waals surface area contributed by atoms with Crippen LogP contribution in [-0.2, 0) is 11.3 Å². The van der Waals surface area contributed by atoms with Crippen molar-refractivity contribution in [3.63, 3.8) is 0 Å². The maximum Gasteiger partial charge on any atom is 0.263 e. The summed E-state index contributed by atoms with van der Waals surface area (Å²) < 4.78 is 12.1. The number of carbonyl (C=O) groups is 1. The van der Waals surface area contributed by atoms with Crippen LogP contribution >= 0.6 is 0 Å². The van der Waals surface area contributed by atoms with Gasteiger partial charge >= 0.3 is 0 Å². The van der Waals surface area contributed by atoms with Crippen LogP contribution in [0.15, 0.2) is 81.4 Å². The molecular formula is C21H19N3O4. The lowest BCUT2D eigenvalue weighted by molar-refractivity contribution is -0.134.